The lowest BCUT2D eigenvalue weighted by atomic mass is 9.81. The molecule has 0 bridgehead atoms. The van der Waals surface area contributed by atoms with Crippen LogP contribution >= 0.6 is 0 Å². The number of hydrogen-bond acceptors (Lipinski definition) is 3. The fourth-order valence-corrected chi connectivity index (χ4v) is 3.63. The highest BCUT2D eigenvalue weighted by Crippen LogP contribution is 2.30. The van der Waals surface area contributed by atoms with E-state index in [9.17, 15) is 9.59 Å². The van der Waals surface area contributed by atoms with E-state index in [4.69, 9.17) is 0 Å². The molecule has 1 aliphatic rings. The van der Waals surface area contributed by atoms with Gasteiger partial charge < -0.3 is 10.6 Å². The minimum Gasteiger partial charge on any atom is -0.326 e. The third-order valence-electron chi connectivity index (χ3n) is 4.84. The predicted molar refractivity (Wildman–Crippen MR) is 103 cm³/mol. The Balaban J connectivity index is 1.74. The van der Waals surface area contributed by atoms with Crippen LogP contribution in [0.15, 0.2) is 24.3 Å². The Bertz CT molecular complexity index is 588. The number of likely N-dealkylation sites (N-methyl/N-ethyl adjacent to an activating group) is 1. The SMILES string of the molecule is CC(=O)Nc1cccc(NC(=O)CN(C)CC[C@H]2CCC[C@H](C)C2)c1. The Hall–Kier alpha value is -1.88. The molecule has 1 aromatic rings. The minimum absolute atomic E-state index is 0.0283. The van der Waals surface area contributed by atoms with Crippen molar-refractivity contribution in [1.29, 1.82) is 0 Å². The molecule has 0 radical (unpaired) electrons. The maximum Gasteiger partial charge on any atom is 0.238 e. The van der Waals surface area contributed by atoms with Crippen molar-refractivity contribution in [2.24, 2.45) is 11.8 Å². The lowest BCUT2D eigenvalue weighted by Crippen LogP contribution is -2.32. The molecule has 138 valence electrons. The molecule has 5 heteroatoms. The van der Waals surface area contributed by atoms with E-state index in [-0.39, 0.29) is 11.8 Å². The zero-order valence-corrected chi connectivity index (χ0v) is 15.7. The number of benzene rings is 1. The van der Waals surface area contributed by atoms with Crippen LogP contribution in [0.5, 0.6) is 0 Å². The van der Waals surface area contributed by atoms with Gasteiger partial charge in [-0.05, 0) is 56.5 Å². The minimum atomic E-state index is -0.125. The zero-order valence-electron chi connectivity index (χ0n) is 15.7. The van der Waals surface area contributed by atoms with Crippen LogP contribution in [-0.4, -0.2) is 36.9 Å². The highest BCUT2D eigenvalue weighted by atomic mass is 16.2. The molecule has 2 atom stereocenters. The molecule has 2 amide bonds. The average molecular weight is 345 g/mol. The molecule has 1 aromatic carbocycles. The van der Waals surface area contributed by atoms with Crippen molar-refractivity contribution in [2.45, 2.75) is 46.0 Å². The molecular formula is C20H31N3O2. The van der Waals surface area contributed by atoms with E-state index in [1.807, 2.05) is 19.2 Å². The Morgan fingerprint density at radius 3 is 2.60 bits per heavy atom. The molecule has 0 heterocycles. The highest BCUT2D eigenvalue weighted by Gasteiger charge is 2.19. The molecule has 1 saturated carbocycles. The zero-order chi connectivity index (χ0) is 18.2. The molecule has 2 rings (SSSR count). The van der Waals surface area contributed by atoms with Gasteiger partial charge in [-0.3, -0.25) is 14.5 Å². The number of nitrogens with one attached hydrogen (secondary N) is 2. The van der Waals surface area contributed by atoms with Gasteiger partial charge in [-0.15, -0.1) is 0 Å². The van der Waals surface area contributed by atoms with Gasteiger partial charge in [0.15, 0.2) is 0 Å². The number of carbonyl (C=O) groups excluding carboxylic acids is 2. The third-order valence-corrected chi connectivity index (χ3v) is 4.84. The first-order valence-electron chi connectivity index (χ1n) is 9.28. The third kappa shape index (κ3) is 7.26. The summed E-state index contributed by atoms with van der Waals surface area (Å²) in [7, 11) is 2.00. The van der Waals surface area contributed by atoms with Gasteiger partial charge in [0.1, 0.15) is 0 Å². The standard InChI is InChI=1S/C20H31N3O2/c1-15-6-4-7-17(12-15)10-11-23(3)14-20(25)22-19-9-5-8-18(13-19)21-16(2)24/h5,8-9,13,15,17H,4,6-7,10-12,14H2,1-3H3,(H,21,24)(H,22,25)/t15-,17+/m0/s1. The Morgan fingerprint density at radius 1 is 1.20 bits per heavy atom. The normalized spacial score (nSPS) is 20.3. The van der Waals surface area contributed by atoms with Crippen molar-refractivity contribution in [3.63, 3.8) is 0 Å². The lowest BCUT2D eigenvalue weighted by molar-refractivity contribution is -0.117. The van der Waals surface area contributed by atoms with Crippen LogP contribution in [0.1, 0.15) is 46.0 Å². The molecule has 0 aliphatic heterocycles. The molecule has 0 saturated heterocycles. The fourth-order valence-electron chi connectivity index (χ4n) is 3.63. The summed E-state index contributed by atoms with van der Waals surface area (Å²) in [6.45, 7) is 5.15. The number of anilines is 2. The Labute approximate surface area is 151 Å². The van der Waals surface area contributed by atoms with Gasteiger partial charge in [0, 0.05) is 18.3 Å². The maximum absolute atomic E-state index is 12.2. The Morgan fingerprint density at radius 2 is 1.92 bits per heavy atom. The van der Waals surface area contributed by atoms with Gasteiger partial charge in [0.2, 0.25) is 11.8 Å². The second kappa shape index (κ2) is 9.56. The monoisotopic (exact) mass is 345 g/mol. The number of nitrogens with zero attached hydrogens (tertiary/aromatic N) is 1. The topological polar surface area (TPSA) is 61.4 Å². The molecular weight excluding hydrogens is 314 g/mol. The van der Waals surface area contributed by atoms with Crippen molar-refractivity contribution in [2.75, 3.05) is 30.8 Å². The number of carbonyl (C=O) groups is 2. The summed E-state index contributed by atoms with van der Waals surface area (Å²) in [6, 6.07) is 7.21. The van der Waals surface area contributed by atoms with E-state index >= 15 is 0 Å². The number of rotatable bonds is 7. The molecule has 5 nitrogen and oxygen atoms in total. The number of hydrogen-bond donors (Lipinski definition) is 2. The van der Waals surface area contributed by atoms with Crippen LogP contribution in [-0.2, 0) is 9.59 Å². The van der Waals surface area contributed by atoms with Crippen molar-refractivity contribution in [3.05, 3.63) is 24.3 Å². The fraction of sp³-hybridized carbons (Fsp3) is 0.600. The summed E-state index contributed by atoms with van der Waals surface area (Å²) >= 11 is 0. The smallest absolute Gasteiger partial charge is 0.238 e. The van der Waals surface area contributed by atoms with Gasteiger partial charge in [-0.25, -0.2) is 0 Å². The predicted octanol–water partition coefficient (Wildman–Crippen LogP) is 3.73. The summed E-state index contributed by atoms with van der Waals surface area (Å²) in [4.78, 5) is 25.4. The molecule has 2 N–H and O–H groups in total. The summed E-state index contributed by atoms with van der Waals surface area (Å²) in [5.74, 6) is 1.51. The lowest BCUT2D eigenvalue weighted by Gasteiger charge is -2.28. The van der Waals surface area contributed by atoms with Gasteiger partial charge in [0.05, 0.1) is 6.54 Å². The van der Waals surface area contributed by atoms with Gasteiger partial charge in [-0.2, -0.15) is 0 Å². The van der Waals surface area contributed by atoms with Crippen LogP contribution in [0.3, 0.4) is 0 Å². The second-order valence-corrected chi connectivity index (χ2v) is 7.47. The van der Waals surface area contributed by atoms with E-state index in [1.54, 1.807) is 12.1 Å². The quantitative estimate of drug-likeness (QED) is 0.791. The van der Waals surface area contributed by atoms with Crippen LogP contribution in [0.25, 0.3) is 0 Å². The first-order chi connectivity index (χ1) is 11.9. The first-order valence-corrected chi connectivity index (χ1v) is 9.28. The van der Waals surface area contributed by atoms with E-state index < -0.39 is 0 Å². The largest absolute Gasteiger partial charge is 0.326 e. The summed E-state index contributed by atoms with van der Waals surface area (Å²) in [5, 5.41) is 5.62. The summed E-state index contributed by atoms with van der Waals surface area (Å²) < 4.78 is 0. The number of amides is 2. The molecule has 0 unspecified atom stereocenters. The van der Waals surface area contributed by atoms with Crippen LogP contribution in [0.4, 0.5) is 11.4 Å². The van der Waals surface area contributed by atoms with Crippen LogP contribution in [0, 0.1) is 11.8 Å². The van der Waals surface area contributed by atoms with Gasteiger partial charge >= 0.3 is 0 Å². The summed E-state index contributed by atoms with van der Waals surface area (Å²) in [6.07, 6.45) is 6.55. The van der Waals surface area contributed by atoms with Crippen molar-refractivity contribution in [3.8, 4) is 0 Å². The summed E-state index contributed by atoms with van der Waals surface area (Å²) in [5.41, 5.74) is 1.39. The van der Waals surface area contributed by atoms with Crippen LogP contribution in [0.2, 0.25) is 0 Å². The molecule has 0 spiro atoms. The van der Waals surface area contributed by atoms with Gasteiger partial charge in [-0.1, -0.05) is 32.3 Å². The van der Waals surface area contributed by atoms with Crippen molar-refractivity contribution >= 4 is 23.2 Å². The maximum atomic E-state index is 12.2. The Kier molecular flexibility index (Phi) is 7.44. The van der Waals surface area contributed by atoms with E-state index in [0.717, 1.165) is 18.4 Å². The molecule has 0 aromatic heterocycles. The van der Waals surface area contributed by atoms with Crippen LogP contribution < -0.4 is 10.6 Å². The van der Waals surface area contributed by atoms with Crippen molar-refractivity contribution < 1.29 is 9.59 Å². The first kappa shape index (κ1) is 19.4. The molecule has 25 heavy (non-hydrogen) atoms. The molecule has 1 aliphatic carbocycles. The van der Waals surface area contributed by atoms with E-state index in [0.29, 0.717) is 17.9 Å². The second-order valence-electron chi connectivity index (χ2n) is 7.47. The van der Waals surface area contributed by atoms with Crippen molar-refractivity contribution in [1.82, 2.24) is 4.90 Å². The molecule has 1 fully saturated rings. The van der Waals surface area contributed by atoms with E-state index in [1.165, 1.54) is 39.0 Å². The van der Waals surface area contributed by atoms with E-state index in [2.05, 4.69) is 22.5 Å². The average Bonchev–Trinajstić information content (AvgIpc) is 2.52. The van der Waals surface area contributed by atoms with Gasteiger partial charge in [0.25, 0.3) is 0 Å². The highest BCUT2D eigenvalue weighted by molar-refractivity contribution is 5.94.